The monoisotopic (exact) mass is 450 g/mol. The van der Waals surface area contributed by atoms with Gasteiger partial charge in [0.05, 0.1) is 5.60 Å². The van der Waals surface area contributed by atoms with Crippen LogP contribution in [0.5, 0.6) is 0 Å². The van der Waals surface area contributed by atoms with Crippen molar-refractivity contribution in [2.24, 2.45) is 29.6 Å². The van der Waals surface area contributed by atoms with Gasteiger partial charge in [0, 0.05) is 0 Å². The highest BCUT2D eigenvalue weighted by Gasteiger charge is 2.66. The Labute approximate surface area is 164 Å². The lowest BCUT2D eigenvalue weighted by atomic mass is 9.46. The van der Waals surface area contributed by atoms with E-state index in [-0.39, 0.29) is 11.8 Å². The first-order chi connectivity index (χ1) is 13.1. The zero-order chi connectivity index (χ0) is 22.0. The average molecular weight is 450 g/mol. The molecule has 0 aromatic rings. The van der Waals surface area contributed by atoms with Crippen LogP contribution >= 0.6 is 0 Å². The molecule has 1 N–H and O–H groups in total. The Morgan fingerprint density at radius 3 is 2.07 bits per heavy atom. The lowest BCUT2D eigenvalue weighted by molar-refractivity contribution is -0.267. The van der Waals surface area contributed by atoms with E-state index in [1.165, 1.54) is 0 Å². The number of carbonyl (C=O) groups is 1. The summed E-state index contributed by atoms with van der Waals surface area (Å²) < 4.78 is 105. The van der Waals surface area contributed by atoms with Crippen LogP contribution in [0.3, 0.4) is 0 Å². The molecule has 0 heterocycles. The van der Waals surface area contributed by atoms with Gasteiger partial charge >= 0.3 is 27.5 Å². The summed E-state index contributed by atoms with van der Waals surface area (Å²) in [4.78, 5) is 11.9. The van der Waals surface area contributed by atoms with E-state index in [2.05, 4.69) is 4.74 Å². The van der Waals surface area contributed by atoms with Crippen molar-refractivity contribution >= 4 is 16.1 Å². The molecule has 0 radical (unpaired) electrons. The minimum absolute atomic E-state index is 0.0378. The van der Waals surface area contributed by atoms with Gasteiger partial charge in [-0.15, -0.1) is 0 Å². The molecule has 0 spiro atoms. The highest BCUT2D eigenvalue weighted by molar-refractivity contribution is 7.86. The van der Waals surface area contributed by atoms with Gasteiger partial charge in [-0.05, 0) is 55.3 Å². The number of esters is 1. The van der Waals surface area contributed by atoms with E-state index in [1.807, 2.05) is 13.8 Å². The second-order valence-corrected chi connectivity index (χ2v) is 10.1. The fourth-order valence-electron chi connectivity index (χ4n) is 5.69. The number of halogens is 5. The molecule has 168 valence electrons. The molecule has 4 rings (SSSR count). The first kappa shape index (κ1) is 22.7. The molecule has 4 fully saturated rings. The van der Waals surface area contributed by atoms with Gasteiger partial charge in [0.1, 0.15) is 6.61 Å². The maximum Gasteiger partial charge on any atom is 0.432 e. The largest absolute Gasteiger partial charge is 0.443 e. The molecule has 4 aliphatic carbocycles. The van der Waals surface area contributed by atoms with E-state index in [0.29, 0.717) is 24.2 Å². The molecule has 12 heteroatoms. The van der Waals surface area contributed by atoms with Gasteiger partial charge in [-0.2, -0.15) is 30.4 Å². The molecule has 0 saturated heterocycles. The Balaban J connectivity index is 1.73. The number of alkyl halides is 5. The molecule has 4 bridgehead atoms. The van der Waals surface area contributed by atoms with Crippen LogP contribution < -0.4 is 0 Å². The van der Waals surface area contributed by atoms with Crippen molar-refractivity contribution in [2.75, 3.05) is 6.61 Å². The normalized spacial score (nSPS) is 38.1. The van der Waals surface area contributed by atoms with Gasteiger partial charge in [0.25, 0.3) is 6.10 Å². The van der Waals surface area contributed by atoms with Gasteiger partial charge in [0.15, 0.2) is 0 Å². The third-order valence-electron chi connectivity index (χ3n) is 7.10. The summed E-state index contributed by atoms with van der Waals surface area (Å²) in [5.41, 5.74) is -0.757. The summed E-state index contributed by atoms with van der Waals surface area (Å²) in [6.45, 7) is 2.89. The minimum Gasteiger partial charge on any atom is -0.443 e. The molecule has 4 saturated carbocycles. The molecule has 29 heavy (non-hydrogen) atoms. The SMILES string of the molecule is CC1C2CC3CC(C2)C(C)C1(OCC(=O)OC(C(F)(F)F)C(F)(F)S(=O)(=O)O)C3. The molecule has 5 unspecified atom stereocenters. The third-order valence-corrected chi connectivity index (χ3v) is 8.00. The molecule has 0 amide bonds. The van der Waals surface area contributed by atoms with Crippen molar-refractivity contribution in [1.29, 1.82) is 0 Å². The zero-order valence-corrected chi connectivity index (χ0v) is 16.6. The zero-order valence-electron chi connectivity index (χ0n) is 15.8. The van der Waals surface area contributed by atoms with E-state index in [4.69, 9.17) is 9.29 Å². The maximum atomic E-state index is 13.6. The van der Waals surface area contributed by atoms with Crippen LogP contribution in [0.15, 0.2) is 0 Å². The fourth-order valence-corrected chi connectivity index (χ4v) is 6.15. The Kier molecular flexibility index (Phi) is 5.48. The Hall–Kier alpha value is -1.01. The predicted octanol–water partition coefficient (Wildman–Crippen LogP) is 3.42. The average Bonchev–Trinajstić information content (AvgIpc) is 2.57. The van der Waals surface area contributed by atoms with Crippen molar-refractivity contribution in [2.45, 2.75) is 62.7 Å². The maximum absolute atomic E-state index is 13.6. The quantitative estimate of drug-likeness (QED) is 0.379. The van der Waals surface area contributed by atoms with Crippen molar-refractivity contribution < 1.29 is 49.2 Å². The number of rotatable bonds is 6. The van der Waals surface area contributed by atoms with E-state index in [9.17, 15) is 35.2 Å². The van der Waals surface area contributed by atoms with Crippen molar-refractivity contribution in [3.05, 3.63) is 0 Å². The second kappa shape index (κ2) is 7.01. The molecular weight excluding hydrogens is 427 g/mol. The van der Waals surface area contributed by atoms with Gasteiger partial charge in [-0.3, -0.25) is 4.55 Å². The van der Waals surface area contributed by atoms with Crippen LogP contribution in [-0.2, 0) is 24.4 Å². The van der Waals surface area contributed by atoms with Crippen LogP contribution in [-0.4, -0.2) is 48.7 Å². The highest BCUT2D eigenvalue weighted by atomic mass is 32.2. The van der Waals surface area contributed by atoms with Crippen LogP contribution in [0.4, 0.5) is 22.0 Å². The highest BCUT2D eigenvalue weighted by Crippen LogP contribution is 2.62. The van der Waals surface area contributed by atoms with E-state index >= 15 is 0 Å². The lowest BCUT2D eigenvalue weighted by Gasteiger charge is -2.63. The summed E-state index contributed by atoms with van der Waals surface area (Å²) in [5, 5.41) is -5.75. The Bertz CT molecular complexity index is 749. The van der Waals surface area contributed by atoms with E-state index < -0.39 is 45.8 Å². The van der Waals surface area contributed by atoms with Crippen LogP contribution in [0.2, 0.25) is 0 Å². The number of carbonyl (C=O) groups excluding carboxylic acids is 1. The number of ether oxygens (including phenoxy) is 2. The van der Waals surface area contributed by atoms with Crippen LogP contribution in [0, 0.1) is 29.6 Å². The van der Waals surface area contributed by atoms with Gasteiger partial charge in [0.2, 0.25) is 0 Å². The first-order valence-electron chi connectivity index (χ1n) is 9.34. The first-order valence-corrected chi connectivity index (χ1v) is 10.8. The summed E-state index contributed by atoms with van der Waals surface area (Å²) in [6.07, 6.45) is -6.57. The molecule has 4 aliphatic rings. The summed E-state index contributed by atoms with van der Waals surface area (Å²) >= 11 is 0. The van der Waals surface area contributed by atoms with Crippen LogP contribution in [0.1, 0.15) is 39.5 Å². The summed E-state index contributed by atoms with van der Waals surface area (Å²) in [6, 6.07) is 0. The number of hydrogen-bond donors (Lipinski definition) is 1. The predicted molar refractivity (Wildman–Crippen MR) is 88.4 cm³/mol. The molecule has 0 aliphatic heterocycles. The topological polar surface area (TPSA) is 89.9 Å². The van der Waals surface area contributed by atoms with Gasteiger partial charge < -0.3 is 9.47 Å². The smallest absolute Gasteiger partial charge is 0.432 e. The van der Waals surface area contributed by atoms with Gasteiger partial charge in [-0.25, -0.2) is 4.79 Å². The summed E-state index contributed by atoms with van der Waals surface area (Å²) in [5.74, 6) is -0.579. The van der Waals surface area contributed by atoms with Crippen molar-refractivity contribution in [1.82, 2.24) is 0 Å². The Morgan fingerprint density at radius 1 is 1.10 bits per heavy atom. The molecule has 5 atom stereocenters. The van der Waals surface area contributed by atoms with Gasteiger partial charge in [-0.1, -0.05) is 13.8 Å². The Morgan fingerprint density at radius 2 is 1.62 bits per heavy atom. The standard InChI is InChI=1S/C17H23F5O6S/c1-8-11-3-10-4-12(5-11)9(2)15(8,6-10)27-7-13(23)28-14(16(18,19)20)17(21,22)29(24,25)26/h8-12,14H,3-7H2,1-2H3,(H,24,25,26). The minimum atomic E-state index is -6.47. The summed E-state index contributed by atoms with van der Waals surface area (Å²) in [7, 11) is -6.47. The number of hydrogen-bond acceptors (Lipinski definition) is 5. The second-order valence-electron chi connectivity index (χ2n) is 8.57. The van der Waals surface area contributed by atoms with Crippen molar-refractivity contribution in [3.63, 3.8) is 0 Å². The molecular formula is C17H23F5O6S. The lowest BCUT2D eigenvalue weighted by Crippen LogP contribution is -2.63. The van der Waals surface area contributed by atoms with Crippen molar-refractivity contribution in [3.8, 4) is 0 Å². The van der Waals surface area contributed by atoms with Crippen LogP contribution in [0.25, 0.3) is 0 Å². The van der Waals surface area contributed by atoms with E-state index in [1.54, 1.807) is 0 Å². The van der Waals surface area contributed by atoms with E-state index in [0.717, 1.165) is 19.3 Å². The molecule has 6 nitrogen and oxygen atoms in total. The molecule has 0 aromatic heterocycles. The third kappa shape index (κ3) is 3.76. The fraction of sp³-hybridized carbons (Fsp3) is 0.941. The molecule has 0 aromatic carbocycles.